The zero-order valence-electron chi connectivity index (χ0n) is 6.52. The smallest absolute Gasteiger partial charge is 0.0622 e. The zero-order chi connectivity index (χ0) is 7.49. The van der Waals surface area contributed by atoms with Crippen LogP contribution in [0.4, 0.5) is 0 Å². The van der Waals surface area contributed by atoms with Crippen LogP contribution in [-0.4, -0.2) is 11.2 Å². The molecule has 0 aromatic carbocycles. The summed E-state index contributed by atoms with van der Waals surface area (Å²) in [5.41, 5.74) is -0.00576. The molecule has 1 heteroatoms. The van der Waals surface area contributed by atoms with Crippen molar-refractivity contribution in [3.05, 3.63) is 12.7 Å². The van der Waals surface area contributed by atoms with Crippen molar-refractivity contribution in [2.75, 3.05) is 0 Å². The Morgan fingerprint density at radius 1 is 1.56 bits per heavy atom. The maximum atomic E-state index is 9.31. The first-order valence-corrected chi connectivity index (χ1v) is 3.27. The van der Waals surface area contributed by atoms with Gasteiger partial charge in [0.15, 0.2) is 0 Å². The van der Waals surface area contributed by atoms with Crippen LogP contribution < -0.4 is 0 Å². The van der Waals surface area contributed by atoms with Crippen LogP contribution in [0, 0.1) is 5.41 Å². The molecule has 0 spiro atoms. The van der Waals surface area contributed by atoms with E-state index in [9.17, 15) is 5.11 Å². The molecule has 1 atom stereocenters. The van der Waals surface area contributed by atoms with Crippen LogP contribution >= 0.6 is 0 Å². The summed E-state index contributed by atoms with van der Waals surface area (Å²) in [5.74, 6) is 0. The van der Waals surface area contributed by atoms with Crippen LogP contribution in [0.15, 0.2) is 12.7 Å². The monoisotopic (exact) mass is 128 g/mol. The molecule has 0 aromatic heterocycles. The molecule has 1 N–H and O–H groups in total. The Morgan fingerprint density at radius 2 is 2.00 bits per heavy atom. The molecule has 54 valence electrons. The lowest BCUT2D eigenvalue weighted by molar-refractivity contribution is 0.0660. The van der Waals surface area contributed by atoms with Crippen molar-refractivity contribution in [2.24, 2.45) is 5.41 Å². The van der Waals surface area contributed by atoms with Gasteiger partial charge in [-0.1, -0.05) is 26.8 Å². The second-order valence-corrected chi connectivity index (χ2v) is 3.41. The van der Waals surface area contributed by atoms with Crippen molar-refractivity contribution in [3.8, 4) is 0 Å². The first-order valence-electron chi connectivity index (χ1n) is 3.27. The van der Waals surface area contributed by atoms with Crippen LogP contribution in [0.25, 0.3) is 0 Å². The predicted molar refractivity (Wildman–Crippen MR) is 40.3 cm³/mol. The minimum absolute atomic E-state index is 0.00576. The van der Waals surface area contributed by atoms with Crippen molar-refractivity contribution in [1.29, 1.82) is 0 Å². The van der Waals surface area contributed by atoms with Gasteiger partial charge in [-0.25, -0.2) is 0 Å². The summed E-state index contributed by atoms with van der Waals surface area (Å²) in [6, 6.07) is 0. The van der Waals surface area contributed by atoms with E-state index in [1.165, 1.54) is 0 Å². The summed E-state index contributed by atoms with van der Waals surface area (Å²) in [6.07, 6.45) is 2.18. The third-order valence-corrected chi connectivity index (χ3v) is 1.39. The average molecular weight is 128 g/mol. The standard InChI is InChI=1S/C8H16O/c1-5-6-7(9)8(2,3)4/h5,7,9H,1,6H2,2-4H3/t7-/m0/s1. The molecule has 0 saturated carbocycles. The summed E-state index contributed by atoms with van der Waals surface area (Å²) in [6.45, 7) is 9.60. The zero-order valence-corrected chi connectivity index (χ0v) is 6.52. The molecule has 0 radical (unpaired) electrons. The van der Waals surface area contributed by atoms with Crippen molar-refractivity contribution in [3.63, 3.8) is 0 Å². The van der Waals surface area contributed by atoms with Crippen LogP contribution in [0.5, 0.6) is 0 Å². The fraction of sp³-hybridized carbons (Fsp3) is 0.750. The van der Waals surface area contributed by atoms with E-state index in [-0.39, 0.29) is 11.5 Å². The van der Waals surface area contributed by atoms with Crippen LogP contribution in [0.1, 0.15) is 27.2 Å². The van der Waals surface area contributed by atoms with Crippen molar-refractivity contribution in [2.45, 2.75) is 33.3 Å². The quantitative estimate of drug-likeness (QED) is 0.564. The lowest BCUT2D eigenvalue weighted by Gasteiger charge is -2.24. The Balaban J connectivity index is 3.72. The van der Waals surface area contributed by atoms with Crippen LogP contribution in [0.2, 0.25) is 0 Å². The summed E-state index contributed by atoms with van der Waals surface area (Å²) in [7, 11) is 0. The first kappa shape index (κ1) is 8.70. The van der Waals surface area contributed by atoms with E-state index >= 15 is 0 Å². The molecule has 0 amide bonds. The Bertz CT molecular complexity index is 89.2. The minimum Gasteiger partial charge on any atom is -0.392 e. The third kappa shape index (κ3) is 3.31. The Kier molecular flexibility index (Phi) is 2.92. The van der Waals surface area contributed by atoms with Gasteiger partial charge in [0, 0.05) is 0 Å². The van der Waals surface area contributed by atoms with E-state index in [1.807, 2.05) is 20.8 Å². The molecule has 0 unspecified atom stereocenters. The number of rotatable bonds is 2. The molecule has 0 heterocycles. The number of aliphatic hydroxyl groups is 1. The Hall–Kier alpha value is -0.300. The summed E-state index contributed by atoms with van der Waals surface area (Å²) < 4.78 is 0. The molecule has 0 fully saturated rings. The van der Waals surface area contributed by atoms with Crippen LogP contribution in [-0.2, 0) is 0 Å². The van der Waals surface area contributed by atoms with E-state index in [4.69, 9.17) is 0 Å². The average Bonchev–Trinajstić information content (AvgIpc) is 1.64. The van der Waals surface area contributed by atoms with Gasteiger partial charge in [-0.15, -0.1) is 6.58 Å². The molecule has 9 heavy (non-hydrogen) atoms. The lowest BCUT2D eigenvalue weighted by Crippen LogP contribution is -2.24. The van der Waals surface area contributed by atoms with Gasteiger partial charge in [-0.3, -0.25) is 0 Å². The molecule has 1 nitrogen and oxygen atoms in total. The topological polar surface area (TPSA) is 20.2 Å². The van der Waals surface area contributed by atoms with Gasteiger partial charge < -0.3 is 5.11 Å². The van der Waals surface area contributed by atoms with E-state index in [2.05, 4.69) is 6.58 Å². The summed E-state index contributed by atoms with van der Waals surface area (Å²) in [5, 5.41) is 9.31. The molecule has 0 rings (SSSR count). The number of hydrogen-bond donors (Lipinski definition) is 1. The van der Waals surface area contributed by atoms with E-state index in [0.29, 0.717) is 6.42 Å². The molecular formula is C8H16O. The fourth-order valence-electron chi connectivity index (χ4n) is 0.511. The van der Waals surface area contributed by atoms with Crippen LogP contribution in [0.3, 0.4) is 0 Å². The predicted octanol–water partition coefficient (Wildman–Crippen LogP) is 1.97. The highest BCUT2D eigenvalue weighted by molar-refractivity contribution is 4.80. The maximum Gasteiger partial charge on any atom is 0.0622 e. The Labute approximate surface area is 57.4 Å². The highest BCUT2D eigenvalue weighted by Gasteiger charge is 2.19. The lowest BCUT2D eigenvalue weighted by atomic mass is 9.87. The molecule has 0 saturated heterocycles. The van der Waals surface area contributed by atoms with Gasteiger partial charge in [-0.05, 0) is 11.8 Å². The van der Waals surface area contributed by atoms with E-state index < -0.39 is 0 Å². The largest absolute Gasteiger partial charge is 0.392 e. The molecule has 0 aliphatic carbocycles. The second kappa shape index (κ2) is 3.02. The second-order valence-electron chi connectivity index (χ2n) is 3.41. The van der Waals surface area contributed by atoms with Gasteiger partial charge in [0.2, 0.25) is 0 Å². The van der Waals surface area contributed by atoms with Gasteiger partial charge in [0.1, 0.15) is 0 Å². The Morgan fingerprint density at radius 3 is 2.11 bits per heavy atom. The SMILES string of the molecule is C=CC[C@H](O)C(C)(C)C. The van der Waals surface area contributed by atoms with Crippen molar-refractivity contribution >= 4 is 0 Å². The van der Waals surface area contributed by atoms with Gasteiger partial charge in [0.25, 0.3) is 0 Å². The first-order chi connectivity index (χ1) is 3.98. The van der Waals surface area contributed by atoms with Gasteiger partial charge in [-0.2, -0.15) is 0 Å². The molecular weight excluding hydrogens is 112 g/mol. The molecule has 0 aromatic rings. The van der Waals surface area contributed by atoms with Gasteiger partial charge >= 0.3 is 0 Å². The molecule has 0 aliphatic heterocycles. The molecule has 0 bridgehead atoms. The van der Waals surface area contributed by atoms with E-state index in [1.54, 1.807) is 6.08 Å². The number of aliphatic hydroxyl groups excluding tert-OH is 1. The van der Waals surface area contributed by atoms with Crippen molar-refractivity contribution < 1.29 is 5.11 Å². The highest BCUT2D eigenvalue weighted by atomic mass is 16.3. The van der Waals surface area contributed by atoms with Crippen molar-refractivity contribution in [1.82, 2.24) is 0 Å². The van der Waals surface area contributed by atoms with Gasteiger partial charge in [0.05, 0.1) is 6.10 Å². The summed E-state index contributed by atoms with van der Waals surface area (Å²) >= 11 is 0. The summed E-state index contributed by atoms with van der Waals surface area (Å²) in [4.78, 5) is 0. The maximum absolute atomic E-state index is 9.31. The molecule has 0 aliphatic rings. The third-order valence-electron chi connectivity index (χ3n) is 1.39. The van der Waals surface area contributed by atoms with E-state index in [0.717, 1.165) is 0 Å². The number of hydrogen-bond acceptors (Lipinski definition) is 1. The fourth-order valence-corrected chi connectivity index (χ4v) is 0.511. The normalized spacial score (nSPS) is 15.1. The minimum atomic E-state index is -0.255. The highest BCUT2D eigenvalue weighted by Crippen LogP contribution is 2.21.